The topological polar surface area (TPSA) is 54.9 Å². The molecule has 0 aromatic heterocycles. The van der Waals surface area contributed by atoms with Gasteiger partial charge in [0.1, 0.15) is 0 Å². The molecule has 6 heteroatoms. The van der Waals surface area contributed by atoms with Crippen molar-refractivity contribution in [1.29, 1.82) is 0 Å². The average Bonchev–Trinajstić information content (AvgIpc) is 3.49. The molecule has 0 atom stereocenters. The highest BCUT2D eigenvalue weighted by molar-refractivity contribution is 14.0. The van der Waals surface area contributed by atoms with E-state index in [2.05, 4.69) is 46.0 Å². The van der Waals surface area contributed by atoms with Gasteiger partial charge in [0.05, 0.1) is 14.2 Å². The summed E-state index contributed by atoms with van der Waals surface area (Å²) < 4.78 is 10.6. The molecular formula is C21H28IN3O2. The first-order valence-corrected chi connectivity index (χ1v) is 8.92. The Kier molecular flexibility index (Phi) is 7.77. The summed E-state index contributed by atoms with van der Waals surface area (Å²) in [5.74, 6) is 2.27. The fourth-order valence-electron chi connectivity index (χ4n) is 3.16. The number of halogens is 1. The molecule has 0 radical (unpaired) electrons. The molecule has 27 heavy (non-hydrogen) atoms. The Hall–Kier alpha value is -1.96. The van der Waals surface area contributed by atoms with E-state index in [4.69, 9.17) is 9.47 Å². The van der Waals surface area contributed by atoms with Crippen LogP contribution >= 0.6 is 24.0 Å². The van der Waals surface area contributed by atoms with Gasteiger partial charge in [-0.05, 0) is 36.1 Å². The van der Waals surface area contributed by atoms with E-state index in [1.165, 1.54) is 18.4 Å². The van der Waals surface area contributed by atoms with Crippen molar-refractivity contribution < 1.29 is 9.47 Å². The summed E-state index contributed by atoms with van der Waals surface area (Å²) in [7, 11) is 5.09. The highest BCUT2D eigenvalue weighted by Crippen LogP contribution is 2.47. The van der Waals surface area contributed by atoms with Crippen LogP contribution in [0.5, 0.6) is 11.5 Å². The lowest BCUT2D eigenvalue weighted by Gasteiger charge is -2.19. The van der Waals surface area contributed by atoms with Crippen molar-refractivity contribution in [3.63, 3.8) is 0 Å². The van der Waals surface area contributed by atoms with E-state index in [1.807, 2.05) is 18.2 Å². The molecule has 0 amide bonds. The van der Waals surface area contributed by atoms with Crippen molar-refractivity contribution in [2.45, 2.75) is 24.8 Å². The van der Waals surface area contributed by atoms with E-state index in [1.54, 1.807) is 21.3 Å². The summed E-state index contributed by atoms with van der Waals surface area (Å²) >= 11 is 0. The highest BCUT2D eigenvalue weighted by Gasteiger charge is 2.43. The Morgan fingerprint density at radius 1 is 1.00 bits per heavy atom. The minimum absolute atomic E-state index is 0. The number of hydrogen-bond donors (Lipinski definition) is 2. The lowest BCUT2D eigenvalue weighted by atomic mass is 9.96. The van der Waals surface area contributed by atoms with Crippen LogP contribution in [0.3, 0.4) is 0 Å². The van der Waals surface area contributed by atoms with Crippen molar-refractivity contribution in [3.05, 3.63) is 59.7 Å². The van der Waals surface area contributed by atoms with E-state index >= 15 is 0 Å². The van der Waals surface area contributed by atoms with Crippen LogP contribution in [0.2, 0.25) is 0 Å². The molecule has 0 heterocycles. The maximum Gasteiger partial charge on any atom is 0.191 e. The number of aliphatic imine (C=N–C) groups is 1. The van der Waals surface area contributed by atoms with Crippen LogP contribution in [0.15, 0.2) is 53.5 Å². The Morgan fingerprint density at radius 2 is 1.70 bits per heavy atom. The predicted molar refractivity (Wildman–Crippen MR) is 121 cm³/mol. The van der Waals surface area contributed by atoms with Crippen LogP contribution in [0.4, 0.5) is 0 Å². The van der Waals surface area contributed by atoms with Gasteiger partial charge in [-0.15, -0.1) is 24.0 Å². The molecule has 0 saturated heterocycles. The average molecular weight is 481 g/mol. The lowest BCUT2D eigenvalue weighted by Crippen LogP contribution is -2.40. The number of guanidine groups is 1. The molecule has 1 aliphatic rings. The predicted octanol–water partition coefficient (Wildman–Crippen LogP) is 3.72. The SMILES string of the molecule is CN=C(NCc1ccc(OC)c(OC)c1)NCC1(c2ccccc2)CC1.I. The van der Waals surface area contributed by atoms with Gasteiger partial charge >= 0.3 is 0 Å². The molecule has 0 spiro atoms. The molecule has 0 aliphatic heterocycles. The second kappa shape index (κ2) is 9.82. The zero-order chi connectivity index (χ0) is 18.4. The molecular weight excluding hydrogens is 453 g/mol. The third-order valence-electron chi connectivity index (χ3n) is 4.97. The maximum atomic E-state index is 5.36. The fourth-order valence-corrected chi connectivity index (χ4v) is 3.16. The molecule has 2 aromatic carbocycles. The zero-order valence-corrected chi connectivity index (χ0v) is 18.4. The minimum Gasteiger partial charge on any atom is -0.493 e. The normalized spacial score (nSPS) is 14.7. The van der Waals surface area contributed by atoms with Crippen LogP contribution in [-0.2, 0) is 12.0 Å². The van der Waals surface area contributed by atoms with Crippen LogP contribution in [0.1, 0.15) is 24.0 Å². The number of nitrogens with one attached hydrogen (secondary N) is 2. The number of methoxy groups -OCH3 is 2. The third kappa shape index (κ3) is 5.28. The standard InChI is InChI=1S/C21H27N3O2.HI/c1-22-20(23-14-16-9-10-18(25-2)19(13-16)26-3)24-15-21(11-12-21)17-7-5-4-6-8-17;/h4-10,13H,11-12,14-15H2,1-3H3,(H2,22,23,24);1H. The number of nitrogens with zero attached hydrogens (tertiary/aromatic N) is 1. The van der Waals surface area contributed by atoms with Gasteiger partial charge in [0.15, 0.2) is 17.5 Å². The van der Waals surface area contributed by atoms with Crippen molar-refractivity contribution in [2.75, 3.05) is 27.8 Å². The van der Waals surface area contributed by atoms with Gasteiger partial charge in [-0.3, -0.25) is 4.99 Å². The quantitative estimate of drug-likeness (QED) is 0.360. The van der Waals surface area contributed by atoms with E-state index in [-0.39, 0.29) is 29.4 Å². The van der Waals surface area contributed by atoms with E-state index in [0.717, 1.165) is 29.6 Å². The number of hydrogen-bond acceptors (Lipinski definition) is 3. The fraction of sp³-hybridized carbons (Fsp3) is 0.381. The number of benzene rings is 2. The van der Waals surface area contributed by atoms with E-state index < -0.39 is 0 Å². The summed E-state index contributed by atoms with van der Waals surface area (Å²) in [5, 5.41) is 6.84. The second-order valence-corrected chi connectivity index (χ2v) is 6.62. The highest BCUT2D eigenvalue weighted by atomic mass is 127. The largest absolute Gasteiger partial charge is 0.493 e. The summed E-state index contributed by atoms with van der Waals surface area (Å²) in [5.41, 5.74) is 2.76. The van der Waals surface area contributed by atoms with Gasteiger partial charge in [-0.25, -0.2) is 0 Å². The second-order valence-electron chi connectivity index (χ2n) is 6.62. The smallest absolute Gasteiger partial charge is 0.191 e. The lowest BCUT2D eigenvalue weighted by molar-refractivity contribution is 0.354. The maximum absolute atomic E-state index is 5.36. The minimum atomic E-state index is 0. The molecule has 3 rings (SSSR count). The first kappa shape index (κ1) is 21.3. The molecule has 1 fully saturated rings. The molecule has 0 unspecified atom stereocenters. The van der Waals surface area contributed by atoms with Crippen molar-refractivity contribution in [2.24, 2.45) is 4.99 Å². The molecule has 146 valence electrons. The Bertz CT molecular complexity index is 761. The summed E-state index contributed by atoms with van der Waals surface area (Å²) in [4.78, 5) is 4.34. The van der Waals surface area contributed by atoms with Gasteiger partial charge < -0.3 is 20.1 Å². The zero-order valence-electron chi connectivity index (χ0n) is 16.1. The van der Waals surface area contributed by atoms with Crippen molar-refractivity contribution >= 4 is 29.9 Å². The van der Waals surface area contributed by atoms with Crippen LogP contribution in [0, 0.1) is 0 Å². The van der Waals surface area contributed by atoms with Gasteiger partial charge in [0, 0.05) is 25.6 Å². The molecule has 5 nitrogen and oxygen atoms in total. The Morgan fingerprint density at radius 3 is 2.30 bits per heavy atom. The van der Waals surface area contributed by atoms with Crippen LogP contribution < -0.4 is 20.1 Å². The van der Waals surface area contributed by atoms with Crippen LogP contribution in [0.25, 0.3) is 0 Å². The van der Waals surface area contributed by atoms with Crippen molar-refractivity contribution in [3.8, 4) is 11.5 Å². The summed E-state index contributed by atoms with van der Waals surface area (Å²) in [6.45, 7) is 1.56. The molecule has 1 aliphatic carbocycles. The summed E-state index contributed by atoms with van der Waals surface area (Å²) in [6.07, 6.45) is 2.44. The Balaban J connectivity index is 0.00000261. The Labute approximate surface area is 178 Å². The van der Waals surface area contributed by atoms with Crippen LogP contribution in [-0.4, -0.2) is 33.8 Å². The first-order chi connectivity index (χ1) is 12.7. The monoisotopic (exact) mass is 481 g/mol. The molecule has 2 aromatic rings. The van der Waals surface area contributed by atoms with Gasteiger partial charge in [0.25, 0.3) is 0 Å². The van der Waals surface area contributed by atoms with Gasteiger partial charge in [0.2, 0.25) is 0 Å². The third-order valence-corrected chi connectivity index (χ3v) is 4.97. The molecule has 0 bridgehead atoms. The number of ether oxygens (including phenoxy) is 2. The van der Waals surface area contributed by atoms with Crippen molar-refractivity contribution in [1.82, 2.24) is 10.6 Å². The van der Waals surface area contributed by atoms with E-state index in [9.17, 15) is 0 Å². The van der Waals surface area contributed by atoms with Gasteiger partial charge in [-0.2, -0.15) is 0 Å². The molecule has 1 saturated carbocycles. The molecule has 2 N–H and O–H groups in total. The summed E-state index contributed by atoms with van der Waals surface area (Å²) in [6, 6.07) is 16.6. The van der Waals surface area contributed by atoms with E-state index in [0.29, 0.717) is 6.54 Å². The first-order valence-electron chi connectivity index (χ1n) is 8.92. The number of rotatable bonds is 7. The van der Waals surface area contributed by atoms with Gasteiger partial charge in [-0.1, -0.05) is 36.4 Å².